The molecule has 0 spiro atoms. The van der Waals surface area contributed by atoms with Gasteiger partial charge in [0.15, 0.2) is 5.78 Å². The Balaban J connectivity index is 1.68. The molecule has 0 aliphatic heterocycles. The first-order valence-corrected chi connectivity index (χ1v) is 6.54. The summed E-state index contributed by atoms with van der Waals surface area (Å²) in [4.78, 5) is 12.0. The average molecular weight is 209 g/mol. The molecular weight excluding hydrogens is 186 g/mol. The van der Waals surface area contributed by atoms with Crippen LogP contribution in [0.3, 0.4) is 0 Å². The third kappa shape index (κ3) is 2.81. The van der Waals surface area contributed by atoms with Crippen LogP contribution in [0.2, 0.25) is 0 Å². The van der Waals surface area contributed by atoms with E-state index in [1.807, 2.05) is 6.92 Å². The Bertz CT molecular complexity index is 217. The third-order valence-corrected chi connectivity index (χ3v) is 4.12. The molecule has 0 heterocycles. The molecule has 0 amide bonds. The van der Waals surface area contributed by atoms with Crippen LogP contribution in [0, 0.1) is 11.8 Å². The largest absolute Gasteiger partial charge is 0.307 e. The quantitative estimate of drug-likeness (QED) is 0.754. The van der Waals surface area contributed by atoms with Crippen molar-refractivity contribution in [2.24, 2.45) is 11.8 Å². The topological polar surface area (TPSA) is 29.1 Å². The van der Waals surface area contributed by atoms with Crippen molar-refractivity contribution < 1.29 is 4.79 Å². The first-order valence-electron chi connectivity index (χ1n) is 6.54. The van der Waals surface area contributed by atoms with Gasteiger partial charge in [0.2, 0.25) is 0 Å². The first-order chi connectivity index (χ1) is 7.27. The molecule has 2 nitrogen and oxygen atoms in total. The summed E-state index contributed by atoms with van der Waals surface area (Å²) < 4.78 is 0. The highest BCUT2D eigenvalue weighted by atomic mass is 16.1. The smallest absolute Gasteiger partial charge is 0.152 e. The predicted molar refractivity (Wildman–Crippen MR) is 61.8 cm³/mol. The van der Waals surface area contributed by atoms with E-state index in [0.29, 0.717) is 11.7 Å². The zero-order valence-corrected chi connectivity index (χ0v) is 9.80. The molecule has 0 bridgehead atoms. The summed E-state index contributed by atoms with van der Waals surface area (Å²) in [6.07, 6.45) is 8.88. The zero-order valence-electron chi connectivity index (χ0n) is 9.80. The number of carbonyl (C=O) groups excluding carboxylic acids is 1. The summed E-state index contributed by atoms with van der Waals surface area (Å²) in [6.45, 7) is 3.10. The average Bonchev–Trinajstić information content (AvgIpc) is 2.66. The van der Waals surface area contributed by atoms with Crippen molar-refractivity contribution in [3.63, 3.8) is 0 Å². The summed E-state index contributed by atoms with van der Waals surface area (Å²) in [5.41, 5.74) is 0. The molecule has 2 rings (SSSR count). The van der Waals surface area contributed by atoms with Gasteiger partial charge in [-0.05, 0) is 45.1 Å². The number of nitrogens with one attached hydrogen (secondary N) is 1. The molecule has 0 saturated heterocycles. The maximum absolute atomic E-state index is 12.0. The summed E-state index contributed by atoms with van der Waals surface area (Å²) >= 11 is 0. The summed E-state index contributed by atoms with van der Waals surface area (Å²) in [5.74, 6) is 1.68. The van der Waals surface area contributed by atoms with Crippen LogP contribution in [0.25, 0.3) is 0 Å². The Morgan fingerprint density at radius 2 is 1.87 bits per heavy atom. The lowest BCUT2D eigenvalue weighted by Crippen LogP contribution is -2.40. The molecule has 2 aliphatic carbocycles. The molecule has 0 aromatic rings. The normalized spacial score (nSPS) is 25.1. The van der Waals surface area contributed by atoms with Crippen LogP contribution in [0.4, 0.5) is 0 Å². The Morgan fingerprint density at radius 3 is 2.40 bits per heavy atom. The molecule has 1 atom stereocenters. The second kappa shape index (κ2) is 5.11. The van der Waals surface area contributed by atoms with Crippen molar-refractivity contribution in [2.75, 3.05) is 6.54 Å². The molecule has 2 saturated carbocycles. The van der Waals surface area contributed by atoms with Crippen molar-refractivity contribution in [3.8, 4) is 0 Å². The fourth-order valence-corrected chi connectivity index (χ4v) is 2.70. The Hall–Kier alpha value is -0.370. The number of ketones is 1. The van der Waals surface area contributed by atoms with E-state index in [1.54, 1.807) is 0 Å². The Morgan fingerprint density at radius 1 is 1.20 bits per heavy atom. The van der Waals surface area contributed by atoms with Crippen LogP contribution < -0.4 is 5.32 Å². The number of Topliss-reactive ketones (excluding diaryl/α,β-unsaturated/α-hetero) is 1. The van der Waals surface area contributed by atoms with Crippen molar-refractivity contribution in [1.29, 1.82) is 0 Å². The van der Waals surface area contributed by atoms with Crippen molar-refractivity contribution >= 4 is 5.78 Å². The minimum atomic E-state index is 0.0914. The fourth-order valence-electron chi connectivity index (χ4n) is 2.70. The number of carbonyl (C=O) groups is 1. The van der Waals surface area contributed by atoms with Gasteiger partial charge in [-0.2, -0.15) is 0 Å². The molecule has 0 aromatic heterocycles. The lowest BCUT2D eigenvalue weighted by atomic mass is 9.85. The highest BCUT2D eigenvalue weighted by molar-refractivity contribution is 5.86. The van der Waals surface area contributed by atoms with Gasteiger partial charge in [-0.3, -0.25) is 4.79 Å². The standard InChI is InChI=1S/C13H23NO/c1-10(14-9-11-5-4-6-11)13(15)12-7-2-3-8-12/h10-12,14H,2-9H2,1H3. The van der Waals surface area contributed by atoms with Crippen LogP contribution in [0.15, 0.2) is 0 Å². The number of hydrogen-bond acceptors (Lipinski definition) is 2. The first kappa shape index (κ1) is 11.1. The molecule has 15 heavy (non-hydrogen) atoms. The van der Waals surface area contributed by atoms with Gasteiger partial charge < -0.3 is 5.32 Å². The van der Waals surface area contributed by atoms with Gasteiger partial charge in [0, 0.05) is 5.92 Å². The molecule has 2 heteroatoms. The van der Waals surface area contributed by atoms with E-state index >= 15 is 0 Å². The predicted octanol–water partition coefficient (Wildman–Crippen LogP) is 2.52. The minimum absolute atomic E-state index is 0.0914. The number of hydrogen-bond donors (Lipinski definition) is 1. The molecule has 1 unspecified atom stereocenters. The van der Waals surface area contributed by atoms with Gasteiger partial charge >= 0.3 is 0 Å². The highest BCUT2D eigenvalue weighted by Gasteiger charge is 2.27. The second-order valence-corrected chi connectivity index (χ2v) is 5.31. The fraction of sp³-hybridized carbons (Fsp3) is 0.923. The van der Waals surface area contributed by atoms with Gasteiger partial charge in [0.05, 0.1) is 6.04 Å². The van der Waals surface area contributed by atoms with Crippen LogP contribution in [-0.2, 0) is 4.79 Å². The molecule has 2 fully saturated rings. The van der Waals surface area contributed by atoms with Crippen molar-refractivity contribution in [1.82, 2.24) is 5.32 Å². The van der Waals surface area contributed by atoms with E-state index in [0.717, 1.165) is 25.3 Å². The van der Waals surface area contributed by atoms with E-state index in [4.69, 9.17) is 0 Å². The SMILES string of the molecule is CC(NCC1CCC1)C(=O)C1CCCC1. The van der Waals surface area contributed by atoms with Gasteiger partial charge in [-0.1, -0.05) is 19.3 Å². The molecule has 1 N–H and O–H groups in total. The zero-order chi connectivity index (χ0) is 10.7. The van der Waals surface area contributed by atoms with Crippen LogP contribution in [0.1, 0.15) is 51.9 Å². The van der Waals surface area contributed by atoms with E-state index in [2.05, 4.69) is 5.32 Å². The van der Waals surface area contributed by atoms with E-state index in [1.165, 1.54) is 32.1 Å². The van der Waals surface area contributed by atoms with E-state index in [9.17, 15) is 4.79 Å². The van der Waals surface area contributed by atoms with Crippen LogP contribution in [-0.4, -0.2) is 18.4 Å². The summed E-state index contributed by atoms with van der Waals surface area (Å²) in [5, 5.41) is 3.41. The third-order valence-electron chi connectivity index (χ3n) is 4.12. The minimum Gasteiger partial charge on any atom is -0.307 e. The lowest BCUT2D eigenvalue weighted by Gasteiger charge is -2.27. The van der Waals surface area contributed by atoms with Crippen molar-refractivity contribution in [3.05, 3.63) is 0 Å². The molecule has 0 radical (unpaired) electrons. The highest BCUT2D eigenvalue weighted by Crippen LogP contribution is 2.27. The molecule has 0 aromatic carbocycles. The Kier molecular flexibility index (Phi) is 3.79. The molecule has 86 valence electrons. The Labute approximate surface area is 92.8 Å². The monoisotopic (exact) mass is 209 g/mol. The second-order valence-electron chi connectivity index (χ2n) is 5.31. The molecular formula is C13H23NO. The number of rotatable bonds is 5. The summed E-state index contributed by atoms with van der Waals surface area (Å²) in [6, 6.07) is 0.0914. The molecule has 2 aliphatic rings. The maximum atomic E-state index is 12.0. The van der Waals surface area contributed by atoms with Crippen LogP contribution in [0.5, 0.6) is 0 Å². The van der Waals surface area contributed by atoms with Gasteiger partial charge in [0.1, 0.15) is 0 Å². The maximum Gasteiger partial charge on any atom is 0.152 e. The van der Waals surface area contributed by atoms with Gasteiger partial charge in [-0.25, -0.2) is 0 Å². The van der Waals surface area contributed by atoms with E-state index < -0.39 is 0 Å². The summed E-state index contributed by atoms with van der Waals surface area (Å²) in [7, 11) is 0. The lowest BCUT2D eigenvalue weighted by molar-refractivity contribution is -0.124. The van der Waals surface area contributed by atoms with Crippen molar-refractivity contribution in [2.45, 2.75) is 57.9 Å². The van der Waals surface area contributed by atoms with Crippen LogP contribution >= 0.6 is 0 Å². The van der Waals surface area contributed by atoms with E-state index in [-0.39, 0.29) is 6.04 Å². The van der Waals surface area contributed by atoms with Gasteiger partial charge in [-0.15, -0.1) is 0 Å². The van der Waals surface area contributed by atoms with Gasteiger partial charge in [0.25, 0.3) is 0 Å².